The van der Waals surface area contributed by atoms with Crippen LogP contribution in [-0.4, -0.2) is 32.5 Å². The number of nitrogens with two attached hydrogens (primary N) is 1. The summed E-state index contributed by atoms with van der Waals surface area (Å²) in [4.78, 5) is 0. The topological polar surface area (TPSA) is 44.5 Å². The highest BCUT2D eigenvalue weighted by atomic mass is 16.5. The molecule has 3 heteroatoms. The predicted octanol–water partition coefficient (Wildman–Crippen LogP) is 2.26. The van der Waals surface area contributed by atoms with Gasteiger partial charge in [0, 0.05) is 6.04 Å². The van der Waals surface area contributed by atoms with Crippen molar-refractivity contribution in [1.29, 1.82) is 0 Å². The Bertz CT molecular complexity index is 281. The molecule has 1 atom stereocenters. The maximum absolute atomic E-state index is 5.95. The monoisotopic (exact) mass is 251 g/mol. The molecule has 0 heterocycles. The zero-order chi connectivity index (χ0) is 13.1. The number of hydrogen-bond donors (Lipinski definition) is 1. The highest BCUT2D eigenvalue weighted by Gasteiger charge is 2.09. The van der Waals surface area contributed by atoms with E-state index in [0.717, 1.165) is 25.9 Å². The SMILES string of the molecule is C#CCOCCOCC/C=C1/CCCC(N)CC1. The smallest absolute Gasteiger partial charge is 0.107 e. The van der Waals surface area contributed by atoms with Crippen LogP contribution in [0.25, 0.3) is 0 Å². The van der Waals surface area contributed by atoms with Gasteiger partial charge in [-0.3, -0.25) is 0 Å². The first kappa shape index (κ1) is 15.2. The first-order valence-electron chi connectivity index (χ1n) is 6.85. The van der Waals surface area contributed by atoms with Crippen LogP contribution in [-0.2, 0) is 9.47 Å². The number of allylic oxidation sites excluding steroid dienone is 1. The lowest BCUT2D eigenvalue weighted by Crippen LogP contribution is -2.17. The van der Waals surface area contributed by atoms with Crippen LogP contribution in [0.15, 0.2) is 11.6 Å². The average Bonchev–Trinajstić information content (AvgIpc) is 2.58. The number of hydrogen-bond acceptors (Lipinski definition) is 3. The van der Waals surface area contributed by atoms with Gasteiger partial charge in [0.1, 0.15) is 6.61 Å². The summed E-state index contributed by atoms with van der Waals surface area (Å²) < 4.78 is 10.6. The molecule has 2 N–H and O–H groups in total. The molecule has 102 valence electrons. The highest BCUT2D eigenvalue weighted by molar-refractivity contribution is 5.04. The number of terminal acetylenes is 1. The maximum atomic E-state index is 5.95. The molecule has 1 aliphatic carbocycles. The molecule has 0 aromatic heterocycles. The van der Waals surface area contributed by atoms with Crippen molar-refractivity contribution >= 4 is 0 Å². The summed E-state index contributed by atoms with van der Waals surface area (Å²) in [6.07, 6.45) is 14.3. The van der Waals surface area contributed by atoms with Gasteiger partial charge in [0.25, 0.3) is 0 Å². The Morgan fingerprint density at radius 3 is 2.89 bits per heavy atom. The Kier molecular flexibility index (Phi) is 8.58. The Balaban J connectivity index is 2.00. The van der Waals surface area contributed by atoms with Crippen LogP contribution in [0.5, 0.6) is 0 Å². The van der Waals surface area contributed by atoms with E-state index in [1.165, 1.54) is 19.3 Å². The minimum atomic E-state index is 0.369. The van der Waals surface area contributed by atoms with E-state index in [1.807, 2.05) is 0 Å². The second-order valence-corrected chi connectivity index (χ2v) is 4.71. The van der Waals surface area contributed by atoms with Crippen LogP contribution in [0.4, 0.5) is 0 Å². The van der Waals surface area contributed by atoms with Crippen molar-refractivity contribution in [2.45, 2.75) is 44.6 Å². The highest BCUT2D eigenvalue weighted by Crippen LogP contribution is 2.21. The summed E-state index contributed by atoms with van der Waals surface area (Å²) in [6, 6.07) is 0.403. The zero-order valence-electron chi connectivity index (χ0n) is 11.2. The van der Waals surface area contributed by atoms with E-state index in [4.69, 9.17) is 21.6 Å². The number of rotatable bonds is 7. The van der Waals surface area contributed by atoms with Crippen LogP contribution in [0.1, 0.15) is 38.5 Å². The molecule has 1 aliphatic rings. The first-order valence-corrected chi connectivity index (χ1v) is 6.85. The van der Waals surface area contributed by atoms with Gasteiger partial charge in [-0.15, -0.1) is 6.42 Å². The van der Waals surface area contributed by atoms with Gasteiger partial charge in [-0.25, -0.2) is 0 Å². The van der Waals surface area contributed by atoms with Gasteiger partial charge in [-0.05, 0) is 38.5 Å². The lowest BCUT2D eigenvalue weighted by molar-refractivity contribution is 0.0621. The van der Waals surface area contributed by atoms with Crippen molar-refractivity contribution in [3.8, 4) is 12.3 Å². The minimum absolute atomic E-state index is 0.369. The van der Waals surface area contributed by atoms with Gasteiger partial charge in [0.2, 0.25) is 0 Å². The summed E-state index contributed by atoms with van der Waals surface area (Å²) in [7, 11) is 0. The molecule has 0 aliphatic heterocycles. The van der Waals surface area contributed by atoms with Crippen LogP contribution >= 0.6 is 0 Å². The normalized spacial score (nSPS) is 22.7. The van der Waals surface area contributed by atoms with Crippen molar-refractivity contribution in [2.75, 3.05) is 26.4 Å². The lowest BCUT2D eigenvalue weighted by atomic mass is 10.1. The lowest BCUT2D eigenvalue weighted by Gasteiger charge is -2.05. The van der Waals surface area contributed by atoms with Gasteiger partial charge in [0.15, 0.2) is 0 Å². The van der Waals surface area contributed by atoms with Gasteiger partial charge in [0.05, 0.1) is 19.8 Å². The summed E-state index contributed by atoms with van der Waals surface area (Å²) in [5.41, 5.74) is 7.50. The Hall–Kier alpha value is -0.820. The molecule has 18 heavy (non-hydrogen) atoms. The predicted molar refractivity (Wildman–Crippen MR) is 74.2 cm³/mol. The second kappa shape index (κ2) is 10.1. The Morgan fingerprint density at radius 2 is 2.06 bits per heavy atom. The molecule has 0 radical (unpaired) electrons. The van der Waals surface area contributed by atoms with Gasteiger partial charge < -0.3 is 15.2 Å². The fourth-order valence-electron chi connectivity index (χ4n) is 2.13. The third-order valence-corrected chi connectivity index (χ3v) is 3.16. The summed E-state index contributed by atoms with van der Waals surface area (Å²) in [6.45, 7) is 2.33. The fourth-order valence-corrected chi connectivity index (χ4v) is 2.13. The van der Waals surface area contributed by atoms with Crippen LogP contribution in [0, 0.1) is 12.3 Å². The van der Waals surface area contributed by atoms with E-state index in [-0.39, 0.29) is 0 Å². The molecule has 0 spiro atoms. The second-order valence-electron chi connectivity index (χ2n) is 4.71. The van der Waals surface area contributed by atoms with Gasteiger partial charge >= 0.3 is 0 Å². The van der Waals surface area contributed by atoms with Crippen molar-refractivity contribution in [1.82, 2.24) is 0 Å². The molecule has 0 saturated heterocycles. The molecule has 0 bridgehead atoms. The molecule has 0 aromatic rings. The molecular formula is C15H25NO2. The Morgan fingerprint density at radius 1 is 1.22 bits per heavy atom. The van der Waals surface area contributed by atoms with E-state index in [0.29, 0.717) is 25.9 Å². The Labute approximate surface area is 111 Å². The van der Waals surface area contributed by atoms with E-state index in [2.05, 4.69) is 12.0 Å². The number of ether oxygens (including phenoxy) is 2. The van der Waals surface area contributed by atoms with Crippen LogP contribution < -0.4 is 5.73 Å². The van der Waals surface area contributed by atoms with Crippen molar-refractivity contribution in [2.24, 2.45) is 5.73 Å². The van der Waals surface area contributed by atoms with Gasteiger partial charge in [-0.2, -0.15) is 0 Å². The van der Waals surface area contributed by atoms with E-state index < -0.39 is 0 Å². The fraction of sp³-hybridized carbons (Fsp3) is 0.733. The summed E-state index contributed by atoms with van der Waals surface area (Å²) in [5, 5.41) is 0. The molecule has 0 amide bonds. The minimum Gasteiger partial charge on any atom is -0.379 e. The first-order chi connectivity index (χ1) is 8.83. The largest absolute Gasteiger partial charge is 0.379 e. The van der Waals surface area contributed by atoms with Crippen LogP contribution in [0.2, 0.25) is 0 Å². The average molecular weight is 251 g/mol. The molecule has 0 aromatic carbocycles. The van der Waals surface area contributed by atoms with Crippen molar-refractivity contribution in [3.05, 3.63) is 11.6 Å². The molecule has 1 rings (SSSR count). The standard InChI is InChI=1S/C15H25NO2/c1-2-10-17-12-13-18-11-4-6-14-5-3-7-15(16)9-8-14/h1,6,15H,3-5,7-13,16H2/b14-6-. The zero-order valence-corrected chi connectivity index (χ0v) is 11.2. The maximum Gasteiger partial charge on any atom is 0.107 e. The van der Waals surface area contributed by atoms with Gasteiger partial charge in [-0.1, -0.05) is 17.6 Å². The van der Waals surface area contributed by atoms with Crippen molar-refractivity contribution in [3.63, 3.8) is 0 Å². The molecule has 3 nitrogen and oxygen atoms in total. The third-order valence-electron chi connectivity index (χ3n) is 3.16. The summed E-state index contributed by atoms with van der Waals surface area (Å²) in [5.74, 6) is 2.42. The quantitative estimate of drug-likeness (QED) is 0.327. The third kappa shape index (κ3) is 7.50. The molecular weight excluding hydrogens is 226 g/mol. The van der Waals surface area contributed by atoms with E-state index >= 15 is 0 Å². The molecule has 1 unspecified atom stereocenters. The van der Waals surface area contributed by atoms with Crippen molar-refractivity contribution < 1.29 is 9.47 Å². The molecule has 1 saturated carbocycles. The molecule has 1 fully saturated rings. The van der Waals surface area contributed by atoms with E-state index in [1.54, 1.807) is 5.57 Å². The van der Waals surface area contributed by atoms with E-state index in [9.17, 15) is 0 Å². The van der Waals surface area contributed by atoms with Crippen LogP contribution in [0.3, 0.4) is 0 Å². The summed E-state index contributed by atoms with van der Waals surface area (Å²) >= 11 is 0.